The van der Waals surface area contributed by atoms with Gasteiger partial charge in [0.25, 0.3) is 5.91 Å². The van der Waals surface area contributed by atoms with Crippen molar-refractivity contribution in [3.63, 3.8) is 0 Å². The average Bonchev–Trinajstić information content (AvgIpc) is 3.38. The van der Waals surface area contributed by atoms with Crippen molar-refractivity contribution < 1.29 is 18.7 Å². The van der Waals surface area contributed by atoms with Gasteiger partial charge in [0, 0.05) is 30.9 Å². The molecule has 2 aromatic heterocycles. The highest BCUT2D eigenvalue weighted by Gasteiger charge is 2.22. The highest BCUT2D eigenvalue weighted by Crippen LogP contribution is 2.30. The van der Waals surface area contributed by atoms with Crippen LogP contribution in [0.1, 0.15) is 21.9 Å². The molecule has 0 saturated heterocycles. The smallest absolute Gasteiger partial charge is 0.287 e. The zero-order valence-corrected chi connectivity index (χ0v) is 15.1. The number of ether oxygens (including phenoxy) is 2. The lowest BCUT2D eigenvalue weighted by atomic mass is 9.96. The van der Waals surface area contributed by atoms with Crippen molar-refractivity contribution in [1.29, 1.82) is 0 Å². The summed E-state index contributed by atoms with van der Waals surface area (Å²) < 4.78 is 18.5. The van der Waals surface area contributed by atoms with Crippen LogP contribution in [0.3, 0.4) is 0 Å². The predicted octanol–water partition coefficient (Wildman–Crippen LogP) is 2.51. The zero-order valence-electron chi connectivity index (χ0n) is 15.1. The van der Waals surface area contributed by atoms with Crippen LogP contribution in [0.2, 0.25) is 0 Å². The Hall–Kier alpha value is -3.22. The van der Waals surface area contributed by atoms with E-state index < -0.39 is 0 Å². The third-order valence-corrected chi connectivity index (χ3v) is 4.59. The van der Waals surface area contributed by atoms with Crippen LogP contribution in [0.4, 0.5) is 0 Å². The van der Waals surface area contributed by atoms with Gasteiger partial charge in [0.2, 0.25) is 0 Å². The number of nitrogens with zero attached hydrogens (tertiary/aromatic N) is 2. The van der Waals surface area contributed by atoms with Crippen molar-refractivity contribution in [3.05, 3.63) is 66.1 Å². The lowest BCUT2D eigenvalue weighted by Gasteiger charge is -2.25. The molecule has 7 nitrogen and oxygen atoms in total. The van der Waals surface area contributed by atoms with Gasteiger partial charge in [-0.15, -0.1) is 0 Å². The van der Waals surface area contributed by atoms with Gasteiger partial charge in [-0.2, -0.15) is 0 Å². The molecule has 3 heterocycles. The minimum Gasteiger partial charge on any atom is -0.497 e. The molecule has 0 saturated carbocycles. The van der Waals surface area contributed by atoms with E-state index in [-0.39, 0.29) is 11.8 Å². The molecule has 0 spiro atoms. The Morgan fingerprint density at radius 1 is 1.37 bits per heavy atom. The Bertz CT molecular complexity index is 917. The first kappa shape index (κ1) is 17.2. The molecule has 7 heteroatoms. The number of carbonyl (C=O) groups excluding carboxylic acids is 1. The van der Waals surface area contributed by atoms with Gasteiger partial charge in [0.05, 0.1) is 26.6 Å². The van der Waals surface area contributed by atoms with Gasteiger partial charge in [-0.25, -0.2) is 4.98 Å². The molecule has 0 fully saturated rings. The molecule has 0 unspecified atom stereocenters. The molecular weight excluding hydrogens is 346 g/mol. The van der Waals surface area contributed by atoms with Gasteiger partial charge >= 0.3 is 0 Å². The summed E-state index contributed by atoms with van der Waals surface area (Å²) in [5.41, 5.74) is 1.13. The van der Waals surface area contributed by atoms with E-state index in [1.54, 1.807) is 25.7 Å². The third kappa shape index (κ3) is 3.97. The Labute approximate surface area is 156 Å². The topological polar surface area (TPSA) is 78.5 Å². The van der Waals surface area contributed by atoms with Gasteiger partial charge in [-0.05, 0) is 30.2 Å². The largest absolute Gasteiger partial charge is 0.497 e. The molecule has 0 aliphatic carbocycles. The van der Waals surface area contributed by atoms with E-state index in [0.29, 0.717) is 31.2 Å². The Kier molecular flexibility index (Phi) is 4.82. The maximum atomic E-state index is 12.4. The van der Waals surface area contributed by atoms with E-state index in [1.165, 1.54) is 0 Å². The number of benzene rings is 1. The monoisotopic (exact) mass is 367 g/mol. The molecule has 1 atom stereocenters. The lowest BCUT2D eigenvalue weighted by Crippen LogP contribution is -2.34. The second kappa shape index (κ2) is 7.57. The van der Waals surface area contributed by atoms with Crippen LogP contribution >= 0.6 is 0 Å². The predicted molar refractivity (Wildman–Crippen MR) is 98.1 cm³/mol. The number of fused-ring (bicyclic) bond motifs is 1. The average molecular weight is 367 g/mol. The molecule has 27 heavy (non-hydrogen) atoms. The minimum atomic E-state index is -0.215. The minimum absolute atomic E-state index is 0.215. The van der Waals surface area contributed by atoms with E-state index in [2.05, 4.69) is 10.3 Å². The van der Waals surface area contributed by atoms with Crippen LogP contribution in [0.15, 0.2) is 53.5 Å². The summed E-state index contributed by atoms with van der Waals surface area (Å²) in [5.74, 6) is 2.66. The van der Waals surface area contributed by atoms with Crippen LogP contribution in [-0.4, -0.2) is 35.7 Å². The number of amides is 1. The van der Waals surface area contributed by atoms with E-state index in [9.17, 15) is 4.79 Å². The van der Waals surface area contributed by atoms with Gasteiger partial charge in [-0.3, -0.25) is 4.79 Å². The van der Waals surface area contributed by atoms with Gasteiger partial charge < -0.3 is 23.8 Å². The Balaban J connectivity index is 1.31. The quantitative estimate of drug-likeness (QED) is 0.724. The summed E-state index contributed by atoms with van der Waals surface area (Å²) in [7, 11) is 1.64. The fraction of sp³-hybridized carbons (Fsp3) is 0.300. The number of aromatic nitrogens is 2. The molecule has 1 aliphatic rings. The lowest BCUT2D eigenvalue weighted by molar-refractivity contribution is 0.0909. The number of imidazole rings is 1. The normalized spacial score (nSPS) is 15.7. The Morgan fingerprint density at radius 2 is 2.30 bits per heavy atom. The zero-order chi connectivity index (χ0) is 18.6. The molecule has 0 radical (unpaired) electrons. The molecule has 1 N–H and O–H groups in total. The highest BCUT2D eigenvalue weighted by atomic mass is 16.5. The summed E-state index contributed by atoms with van der Waals surface area (Å²) in [6, 6.07) is 9.34. The molecule has 140 valence electrons. The maximum absolute atomic E-state index is 12.4. The van der Waals surface area contributed by atoms with Crippen LogP contribution in [0, 0.1) is 5.92 Å². The second-order valence-corrected chi connectivity index (χ2v) is 6.57. The van der Waals surface area contributed by atoms with Gasteiger partial charge in [0.15, 0.2) is 5.76 Å². The number of furan rings is 1. The number of hydrogen-bond donors (Lipinski definition) is 1. The maximum Gasteiger partial charge on any atom is 0.287 e. The standard InChI is InChI=1S/C20H21N3O4/c1-25-16-3-2-15-8-14(12-26-19(15)9-16)10-22-20(24)18-5-4-17(27-18)11-23-7-6-21-13-23/h2-7,9,13-14H,8,10-12H2,1H3,(H,22,24)/t14-/m0/s1. The molecule has 0 bridgehead atoms. The van der Waals surface area contributed by atoms with Crippen molar-refractivity contribution in [1.82, 2.24) is 14.9 Å². The Morgan fingerprint density at radius 3 is 3.11 bits per heavy atom. The third-order valence-electron chi connectivity index (χ3n) is 4.59. The number of rotatable bonds is 6. The van der Waals surface area contributed by atoms with Crippen molar-refractivity contribution in [3.8, 4) is 11.5 Å². The summed E-state index contributed by atoms with van der Waals surface area (Å²) in [4.78, 5) is 16.3. The van der Waals surface area contributed by atoms with Crippen LogP contribution in [0.5, 0.6) is 11.5 Å². The second-order valence-electron chi connectivity index (χ2n) is 6.57. The number of hydrogen-bond acceptors (Lipinski definition) is 5. The van der Waals surface area contributed by atoms with E-state index in [0.717, 1.165) is 23.5 Å². The SMILES string of the molecule is COc1ccc2c(c1)OC[C@H](CNC(=O)c1ccc(Cn3ccnc3)o1)C2. The highest BCUT2D eigenvalue weighted by molar-refractivity contribution is 5.91. The number of carbonyl (C=O) groups is 1. The van der Waals surface area contributed by atoms with Gasteiger partial charge in [0.1, 0.15) is 17.3 Å². The molecular formula is C20H21N3O4. The summed E-state index contributed by atoms with van der Waals surface area (Å²) in [6.07, 6.45) is 6.11. The van der Waals surface area contributed by atoms with E-state index in [4.69, 9.17) is 13.9 Å². The van der Waals surface area contributed by atoms with Crippen molar-refractivity contribution >= 4 is 5.91 Å². The van der Waals surface area contributed by atoms with Crippen molar-refractivity contribution in [2.75, 3.05) is 20.3 Å². The fourth-order valence-corrected chi connectivity index (χ4v) is 3.14. The molecule has 1 aliphatic heterocycles. The van der Waals surface area contributed by atoms with Crippen molar-refractivity contribution in [2.45, 2.75) is 13.0 Å². The summed E-state index contributed by atoms with van der Waals surface area (Å²) in [6.45, 7) is 1.64. The van der Waals surface area contributed by atoms with Gasteiger partial charge in [-0.1, -0.05) is 6.07 Å². The van der Waals surface area contributed by atoms with Crippen molar-refractivity contribution in [2.24, 2.45) is 5.92 Å². The first-order chi connectivity index (χ1) is 13.2. The van der Waals surface area contributed by atoms with E-state index in [1.807, 2.05) is 35.0 Å². The number of nitrogens with one attached hydrogen (secondary N) is 1. The van der Waals surface area contributed by atoms with Crippen LogP contribution < -0.4 is 14.8 Å². The van der Waals surface area contributed by atoms with Crippen LogP contribution in [0.25, 0.3) is 0 Å². The molecule has 4 rings (SSSR count). The molecule has 1 amide bonds. The first-order valence-electron chi connectivity index (χ1n) is 8.83. The summed E-state index contributed by atoms with van der Waals surface area (Å²) in [5, 5.41) is 2.94. The molecule has 3 aromatic rings. The fourth-order valence-electron chi connectivity index (χ4n) is 3.14. The molecule has 1 aromatic carbocycles. The summed E-state index contributed by atoms with van der Waals surface area (Å²) >= 11 is 0. The van der Waals surface area contributed by atoms with E-state index >= 15 is 0 Å². The number of methoxy groups -OCH3 is 1. The first-order valence-corrected chi connectivity index (χ1v) is 8.83. The van der Waals surface area contributed by atoms with Crippen LogP contribution in [-0.2, 0) is 13.0 Å².